The van der Waals surface area contributed by atoms with E-state index in [9.17, 15) is 0 Å². The number of halogens is 1. The van der Waals surface area contributed by atoms with Crippen LogP contribution in [0.25, 0.3) is 10.9 Å². The van der Waals surface area contributed by atoms with E-state index in [1.165, 1.54) is 11.1 Å². The van der Waals surface area contributed by atoms with E-state index in [-0.39, 0.29) is 0 Å². The Bertz CT molecular complexity index is 403. The fourth-order valence-electron chi connectivity index (χ4n) is 1.35. The van der Waals surface area contributed by atoms with Crippen molar-refractivity contribution >= 4 is 22.5 Å². The second-order valence-corrected chi connectivity index (χ2v) is 3.32. The molecule has 0 fully saturated rings. The highest BCUT2D eigenvalue weighted by Gasteiger charge is 1.98. The van der Waals surface area contributed by atoms with Crippen molar-refractivity contribution in [2.75, 3.05) is 0 Å². The lowest BCUT2D eigenvalue weighted by Gasteiger charge is -1.89. The summed E-state index contributed by atoms with van der Waals surface area (Å²) < 4.78 is 0. The van der Waals surface area contributed by atoms with Crippen LogP contribution in [0.4, 0.5) is 0 Å². The molecule has 2 aromatic rings. The van der Waals surface area contributed by atoms with Crippen LogP contribution in [0.15, 0.2) is 24.3 Å². The Labute approximate surface area is 76.4 Å². The van der Waals surface area contributed by atoms with Gasteiger partial charge in [-0.05, 0) is 30.0 Å². The molecule has 1 aromatic heterocycles. The van der Waals surface area contributed by atoms with Crippen molar-refractivity contribution in [1.82, 2.24) is 4.98 Å². The molecule has 1 N–H and O–H groups in total. The van der Waals surface area contributed by atoms with Crippen LogP contribution in [0, 0.1) is 0 Å². The van der Waals surface area contributed by atoms with Crippen LogP contribution in [-0.4, -0.2) is 4.98 Å². The molecule has 0 aliphatic heterocycles. The number of aromatic nitrogens is 1. The summed E-state index contributed by atoms with van der Waals surface area (Å²) in [7, 11) is 0. The molecule has 0 saturated heterocycles. The number of fused-ring (bicyclic) bond motifs is 1. The summed E-state index contributed by atoms with van der Waals surface area (Å²) in [5.74, 6) is 0. The Morgan fingerprint density at radius 1 is 1.33 bits per heavy atom. The number of benzene rings is 1. The number of hydrogen-bond donors (Lipinski definition) is 1. The molecule has 1 aromatic carbocycles. The van der Waals surface area contributed by atoms with E-state index >= 15 is 0 Å². The zero-order chi connectivity index (χ0) is 8.55. The minimum Gasteiger partial charge on any atom is -0.358 e. The van der Waals surface area contributed by atoms with Crippen LogP contribution >= 0.6 is 11.6 Å². The minimum absolute atomic E-state index is 0.784. The maximum absolute atomic E-state index is 5.85. The van der Waals surface area contributed by atoms with Gasteiger partial charge in [0, 0.05) is 16.2 Å². The Hall–Kier alpha value is -0.950. The van der Waals surface area contributed by atoms with E-state index in [2.05, 4.69) is 18.0 Å². The van der Waals surface area contributed by atoms with Crippen molar-refractivity contribution in [1.29, 1.82) is 0 Å². The van der Waals surface area contributed by atoms with Gasteiger partial charge in [-0.1, -0.05) is 24.6 Å². The van der Waals surface area contributed by atoms with Crippen molar-refractivity contribution < 1.29 is 0 Å². The Morgan fingerprint density at radius 2 is 2.17 bits per heavy atom. The Morgan fingerprint density at radius 3 is 2.92 bits per heavy atom. The Kier molecular flexibility index (Phi) is 1.81. The number of H-pyrrole nitrogens is 1. The highest BCUT2D eigenvalue weighted by Crippen LogP contribution is 2.19. The van der Waals surface area contributed by atoms with Gasteiger partial charge in [-0.2, -0.15) is 0 Å². The van der Waals surface area contributed by atoms with Crippen LogP contribution in [0.5, 0.6) is 0 Å². The molecule has 0 aliphatic rings. The second-order valence-electron chi connectivity index (χ2n) is 2.88. The normalized spacial score (nSPS) is 10.8. The first-order valence-corrected chi connectivity index (χ1v) is 4.44. The third-order valence-electron chi connectivity index (χ3n) is 2.02. The minimum atomic E-state index is 0.784. The monoisotopic (exact) mass is 179 g/mol. The van der Waals surface area contributed by atoms with Crippen molar-refractivity contribution in [3.63, 3.8) is 0 Å². The standard InChI is InChI=1S/C10H10ClN/c1-2-9-5-7-3-4-8(11)6-10(7)12-9/h3-6,12H,2H2,1H3. The molecular weight excluding hydrogens is 170 g/mol. The van der Waals surface area contributed by atoms with Gasteiger partial charge in [0.2, 0.25) is 0 Å². The smallest absolute Gasteiger partial charge is 0.0471 e. The van der Waals surface area contributed by atoms with Crippen LogP contribution in [0.3, 0.4) is 0 Å². The molecule has 0 spiro atoms. The fourth-order valence-corrected chi connectivity index (χ4v) is 1.52. The highest BCUT2D eigenvalue weighted by atomic mass is 35.5. The zero-order valence-corrected chi connectivity index (χ0v) is 7.65. The summed E-state index contributed by atoms with van der Waals surface area (Å²) in [6, 6.07) is 8.06. The average molecular weight is 180 g/mol. The topological polar surface area (TPSA) is 15.8 Å². The van der Waals surface area contributed by atoms with Crippen LogP contribution < -0.4 is 0 Å². The van der Waals surface area contributed by atoms with Crippen molar-refractivity contribution in [2.45, 2.75) is 13.3 Å². The van der Waals surface area contributed by atoms with E-state index in [0.29, 0.717) is 0 Å². The van der Waals surface area contributed by atoms with Gasteiger partial charge in [-0.15, -0.1) is 0 Å². The maximum atomic E-state index is 5.85. The quantitative estimate of drug-likeness (QED) is 0.691. The summed E-state index contributed by atoms with van der Waals surface area (Å²) in [6.07, 6.45) is 1.03. The highest BCUT2D eigenvalue weighted by molar-refractivity contribution is 6.31. The summed E-state index contributed by atoms with van der Waals surface area (Å²) in [6.45, 7) is 2.13. The van der Waals surface area contributed by atoms with Gasteiger partial charge in [0.1, 0.15) is 0 Å². The first kappa shape index (κ1) is 7.69. The molecule has 0 unspecified atom stereocenters. The SMILES string of the molecule is CCc1cc2ccc(Cl)cc2[nH]1. The van der Waals surface area contributed by atoms with E-state index in [4.69, 9.17) is 11.6 Å². The number of rotatable bonds is 1. The third-order valence-corrected chi connectivity index (χ3v) is 2.26. The second kappa shape index (κ2) is 2.83. The fraction of sp³-hybridized carbons (Fsp3) is 0.200. The molecule has 1 nitrogen and oxygen atoms in total. The van der Waals surface area contributed by atoms with Gasteiger partial charge < -0.3 is 4.98 Å². The summed E-state index contributed by atoms with van der Waals surface area (Å²) in [5, 5.41) is 2.02. The molecule has 0 aliphatic carbocycles. The van der Waals surface area contributed by atoms with E-state index < -0.39 is 0 Å². The zero-order valence-electron chi connectivity index (χ0n) is 6.89. The maximum Gasteiger partial charge on any atom is 0.0471 e. The van der Waals surface area contributed by atoms with Crippen LogP contribution in [0.2, 0.25) is 5.02 Å². The van der Waals surface area contributed by atoms with Crippen molar-refractivity contribution in [2.24, 2.45) is 0 Å². The molecule has 2 heteroatoms. The number of nitrogens with one attached hydrogen (secondary N) is 1. The number of aryl methyl sites for hydroxylation is 1. The van der Waals surface area contributed by atoms with Gasteiger partial charge in [0.15, 0.2) is 0 Å². The van der Waals surface area contributed by atoms with Gasteiger partial charge >= 0.3 is 0 Å². The molecule has 0 amide bonds. The lowest BCUT2D eigenvalue weighted by atomic mass is 10.2. The molecule has 0 radical (unpaired) electrons. The lowest BCUT2D eigenvalue weighted by molar-refractivity contribution is 1.07. The predicted molar refractivity (Wildman–Crippen MR) is 52.7 cm³/mol. The first-order chi connectivity index (χ1) is 5.79. The van der Waals surface area contributed by atoms with Gasteiger partial charge in [0.25, 0.3) is 0 Å². The van der Waals surface area contributed by atoms with Crippen LogP contribution in [-0.2, 0) is 6.42 Å². The van der Waals surface area contributed by atoms with Gasteiger partial charge in [0.05, 0.1) is 0 Å². The molecule has 62 valence electrons. The lowest BCUT2D eigenvalue weighted by Crippen LogP contribution is -1.75. The van der Waals surface area contributed by atoms with E-state index in [0.717, 1.165) is 17.0 Å². The largest absolute Gasteiger partial charge is 0.358 e. The molecule has 0 saturated carbocycles. The van der Waals surface area contributed by atoms with E-state index in [1.54, 1.807) is 0 Å². The molecule has 0 bridgehead atoms. The summed E-state index contributed by atoms with van der Waals surface area (Å²) in [5.41, 5.74) is 2.38. The summed E-state index contributed by atoms with van der Waals surface area (Å²) in [4.78, 5) is 3.30. The van der Waals surface area contributed by atoms with Crippen molar-refractivity contribution in [3.8, 4) is 0 Å². The average Bonchev–Trinajstić information content (AvgIpc) is 2.46. The van der Waals surface area contributed by atoms with Gasteiger partial charge in [-0.3, -0.25) is 0 Å². The van der Waals surface area contributed by atoms with Crippen molar-refractivity contribution in [3.05, 3.63) is 35.0 Å². The molecule has 1 heterocycles. The van der Waals surface area contributed by atoms with Gasteiger partial charge in [-0.25, -0.2) is 0 Å². The van der Waals surface area contributed by atoms with Crippen LogP contribution in [0.1, 0.15) is 12.6 Å². The molecule has 2 rings (SSSR count). The molecule has 0 atom stereocenters. The number of aromatic amines is 1. The third kappa shape index (κ3) is 1.21. The Balaban J connectivity index is 2.67. The predicted octanol–water partition coefficient (Wildman–Crippen LogP) is 3.38. The summed E-state index contributed by atoms with van der Waals surface area (Å²) >= 11 is 5.85. The first-order valence-electron chi connectivity index (χ1n) is 4.07. The molecular formula is C10H10ClN. The van der Waals surface area contributed by atoms with E-state index in [1.807, 2.05) is 18.2 Å². The number of hydrogen-bond acceptors (Lipinski definition) is 0. The molecule has 12 heavy (non-hydrogen) atoms.